The van der Waals surface area contributed by atoms with E-state index < -0.39 is 0 Å². The van der Waals surface area contributed by atoms with Crippen LogP contribution in [0.2, 0.25) is 0 Å². The van der Waals surface area contributed by atoms with Gasteiger partial charge in [-0.25, -0.2) is 59.8 Å². The Bertz CT molecular complexity index is 8620. The fourth-order valence-corrected chi connectivity index (χ4v) is 21.7. The largest absolute Gasteiger partial charge is 0.507 e. The number of thioether (sulfide) groups is 4. The smallest absolute Gasteiger partial charge is 0.191 e. The molecule has 4 N–H and O–H groups in total. The molecular formula is C123H108N12O5S4. The lowest BCUT2D eigenvalue weighted by molar-refractivity contribution is 0.302. The summed E-state index contributed by atoms with van der Waals surface area (Å²) in [6, 6.07) is 108. The number of para-hydroxylation sites is 3. The Labute approximate surface area is 853 Å². The second-order valence-electron chi connectivity index (χ2n) is 36.7. The highest BCUT2D eigenvalue weighted by molar-refractivity contribution is 8.00. The van der Waals surface area contributed by atoms with Gasteiger partial charge in [0.15, 0.2) is 67.2 Å². The number of hydrogen-bond acceptors (Lipinski definition) is 21. The van der Waals surface area contributed by atoms with Crippen molar-refractivity contribution in [3.63, 3.8) is 0 Å². The summed E-state index contributed by atoms with van der Waals surface area (Å²) in [5.74, 6) is 6.39. The van der Waals surface area contributed by atoms with Gasteiger partial charge in [0.05, 0.1) is 28.9 Å². The molecule has 0 atom stereocenters. The number of phenolic OH excluding ortho intramolecular Hbond substituents is 4. The molecular weight excluding hydrogens is 1850 g/mol. The lowest BCUT2D eigenvalue weighted by Gasteiger charge is -2.14. The van der Waals surface area contributed by atoms with Gasteiger partial charge in [-0.3, -0.25) is 0 Å². The van der Waals surface area contributed by atoms with Gasteiger partial charge in [-0.2, -0.15) is 0 Å². The Hall–Kier alpha value is -15.0. The third-order valence-corrected chi connectivity index (χ3v) is 29.0. The third-order valence-electron chi connectivity index (χ3n) is 25.7. The number of aromatic nitrogens is 12. The summed E-state index contributed by atoms with van der Waals surface area (Å²) >= 11 is 6.34. The monoisotopic (exact) mass is 1960 g/mol. The predicted octanol–water partition coefficient (Wildman–Crippen LogP) is 33.1. The molecule has 4 heterocycles. The SMILES string of the molecule is CC(C)Sc1nc(-c2ccccc2O)nc(-c2cc3c4ccccc4ccc3c3ccccc23)n1.CC(C)Sc1nc(-c2ccccc2O)nc(-c2cc3ccccc3c3ccccc23)n1.CC(C)Sc1nc(-c2ccccc2O)nc(-c2ccc3ccc4cccc5ccc2c3c45)n1.CCCCCCCCCCCCOc1ccc(-c2nc(SCC)nc(-c3ccc4ccc5cccc6ccc3c4c56)n2)c(O)c1. The molecule has 0 fully saturated rings. The molecule has 19 aromatic carbocycles. The number of ether oxygens (including phenoxy) is 1. The first-order valence-electron chi connectivity index (χ1n) is 49.5. The topological polar surface area (TPSA) is 245 Å². The second kappa shape index (κ2) is 43.8. The summed E-state index contributed by atoms with van der Waals surface area (Å²) in [5, 5.41) is 72.1. The number of phenols is 4. The Morgan fingerprint density at radius 1 is 0.222 bits per heavy atom. The van der Waals surface area contributed by atoms with E-state index in [-0.39, 0.29) is 23.0 Å². The average molecular weight is 1960 g/mol. The molecule has 23 rings (SSSR count). The summed E-state index contributed by atoms with van der Waals surface area (Å²) in [6.45, 7) is 17.7. The standard InChI is InChI=1S/C39H43N3O2S.C30H23N3OS.C28H21N3OS.C26H21N3OS/c1-3-5-6-7-8-9-10-11-12-13-25-44-30-21-24-33(34(43)26-30)38-40-37(41-39(42-38)45-4-2)32-23-20-29-18-17-27-15-14-16-28-19-22-31(32)36(29)35(27)28;1-18(2)35-30-32-28(24-13-7-8-14-27(24)34)31-29(33-30)26-17-25-20-10-4-3-9-19(20)15-16-23(25)21-11-5-6-12-22(21)26;1-16(2)33-28-30-26(29-27(31-28)22-8-3-4-9-23(22)32)21-15-13-19-11-10-17-6-5-7-18-12-14-20(21)25(19)24(17)18;1-16(2)31-26-28-24(21-13-7-8-14-23(21)30)27-25(29-26)22-15-17-9-3-4-10-18(17)19-11-5-6-12-20(19)22/h14-24,26,43H,3-13,25H2,1-2H3;3-18,34H,1-2H3;3-16,32H,1-2H3;3-16,30H,1-2H3. The Kier molecular flexibility index (Phi) is 29.4. The van der Waals surface area contributed by atoms with E-state index in [9.17, 15) is 20.4 Å². The van der Waals surface area contributed by atoms with Crippen molar-refractivity contribution in [1.82, 2.24) is 59.8 Å². The zero-order chi connectivity index (χ0) is 98.9. The van der Waals surface area contributed by atoms with Crippen LogP contribution in [0.25, 0.3) is 210 Å². The van der Waals surface area contributed by atoms with Crippen LogP contribution in [0, 0.1) is 0 Å². The number of fused-ring (bicyclic) bond motifs is 8. The van der Waals surface area contributed by atoms with Gasteiger partial charge < -0.3 is 25.2 Å². The van der Waals surface area contributed by atoms with E-state index in [1.807, 2.05) is 66.7 Å². The molecule has 0 aliphatic heterocycles. The van der Waals surface area contributed by atoms with Crippen LogP contribution < -0.4 is 4.74 Å². The van der Waals surface area contributed by atoms with Crippen molar-refractivity contribution in [2.24, 2.45) is 0 Å². The zero-order valence-corrected chi connectivity index (χ0v) is 84.8. The van der Waals surface area contributed by atoms with Gasteiger partial charge >= 0.3 is 0 Å². The third kappa shape index (κ3) is 21.0. The summed E-state index contributed by atoms with van der Waals surface area (Å²) in [6.07, 6.45) is 12.9. The van der Waals surface area contributed by atoms with Gasteiger partial charge in [0.2, 0.25) is 0 Å². The first-order valence-corrected chi connectivity index (χ1v) is 53.1. The minimum atomic E-state index is 0.107. The molecule has 0 saturated carbocycles. The summed E-state index contributed by atoms with van der Waals surface area (Å²) < 4.78 is 5.99. The van der Waals surface area contributed by atoms with Gasteiger partial charge in [-0.1, -0.05) is 403 Å². The van der Waals surface area contributed by atoms with Crippen LogP contribution in [0.3, 0.4) is 0 Å². The van der Waals surface area contributed by atoms with Crippen LogP contribution in [-0.4, -0.2) is 108 Å². The molecule has 23 aromatic rings. The van der Waals surface area contributed by atoms with Crippen LogP contribution >= 0.6 is 47.0 Å². The average Bonchev–Trinajstić information content (AvgIpc) is 0.736. The number of benzene rings is 19. The molecule has 0 aliphatic rings. The number of hydrogen-bond donors (Lipinski definition) is 4. The van der Waals surface area contributed by atoms with Crippen molar-refractivity contribution in [2.45, 2.75) is 156 Å². The van der Waals surface area contributed by atoms with Crippen molar-refractivity contribution >= 4 is 166 Å². The maximum atomic E-state index is 11.1. The number of unbranched alkanes of at least 4 members (excludes halogenated alkanes) is 9. The molecule has 0 saturated heterocycles. The second-order valence-corrected chi connectivity index (χ2v) is 42.6. The first kappa shape index (κ1) is 96.5. The normalized spacial score (nSPS) is 11.7. The van der Waals surface area contributed by atoms with E-state index >= 15 is 0 Å². The van der Waals surface area contributed by atoms with Gasteiger partial charge in [0.25, 0.3) is 0 Å². The van der Waals surface area contributed by atoms with Crippen LogP contribution in [0.4, 0.5) is 0 Å². The van der Waals surface area contributed by atoms with E-state index in [4.69, 9.17) is 54.6 Å². The molecule has 4 aromatic heterocycles. The molecule has 0 amide bonds. The molecule has 0 radical (unpaired) electrons. The van der Waals surface area contributed by atoms with Crippen molar-refractivity contribution in [1.29, 1.82) is 0 Å². The number of nitrogens with zero attached hydrogens (tertiary/aromatic N) is 12. The Balaban J connectivity index is 0.000000118. The van der Waals surface area contributed by atoms with Crippen LogP contribution in [0.5, 0.6) is 28.7 Å². The van der Waals surface area contributed by atoms with Gasteiger partial charge in [0.1, 0.15) is 28.7 Å². The highest BCUT2D eigenvalue weighted by Crippen LogP contribution is 2.46. The predicted molar refractivity (Wildman–Crippen MR) is 601 cm³/mol. The molecule has 0 aliphatic carbocycles. The maximum absolute atomic E-state index is 11.1. The molecule has 0 unspecified atom stereocenters. The number of aromatic hydroxyl groups is 4. The van der Waals surface area contributed by atoms with Crippen molar-refractivity contribution in [3.8, 4) is 120 Å². The Morgan fingerprint density at radius 3 is 0.958 bits per heavy atom. The molecule has 0 bridgehead atoms. The fourth-order valence-electron chi connectivity index (χ4n) is 19.1. The van der Waals surface area contributed by atoms with E-state index in [2.05, 4.69) is 278 Å². The van der Waals surface area contributed by atoms with Crippen LogP contribution in [0.15, 0.2) is 342 Å². The quantitative estimate of drug-likeness (QED) is 0.0202. The summed E-state index contributed by atoms with van der Waals surface area (Å²) in [7, 11) is 0. The van der Waals surface area contributed by atoms with Crippen molar-refractivity contribution in [2.75, 3.05) is 12.4 Å². The fraction of sp³-hybridized carbons (Fsp3) is 0.187. The van der Waals surface area contributed by atoms with E-state index in [0.717, 1.165) is 72.1 Å². The van der Waals surface area contributed by atoms with Gasteiger partial charge in [-0.05, 0) is 203 Å². The van der Waals surface area contributed by atoms with Crippen molar-refractivity contribution < 1.29 is 25.2 Å². The highest BCUT2D eigenvalue weighted by atomic mass is 32.2. The number of rotatable bonds is 28. The van der Waals surface area contributed by atoms with E-state index in [1.165, 1.54) is 139 Å². The van der Waals surface area contributed by atoms with Crippen LogP contribution in [-0.2, 0) is 0 Å². The van der Waals surface area contributed by atoms with Crippen LogP contribution in [0.1, 0.15) is 120 Å². The zero-order valence-electron chi connectivity index (χ0n) is 81.5. The minimum Gasteiger partial charge on any atom is -0.507 e. The Morgan fingerprint density at radius 2 is 0.528 bits per heavy atom. The molecule has 714 valence electrons. The first-order chi connectivity index (χ1) is 70.4. The highest BCUT2D eigenvalue weighted by Gasteiger charge is 2.26. The van der Waals surface area contributed by atoms with Gasteiger partial charge in [-0.15, -0.1) is 0 Å². The lowest BCUT2D eigenvalue weighted by atomic mass is 9.92. The summed E-state index contributed by atoms with van der Waals surface area (Å²) in [5.41, 5.74) is 6.20. The molecule has 144 heavy (non-hydrogen) atoms. The van der Waals surface area contributed by atoms with Gasteiger partial charge in [0, 0.05) is 44.1 Å². The summed E-state index contributed by atoms with van der Waals surface area (Å²) in [4.78, 5) is 57.6. The van der Waals surface area contributed by atoms with E-state index in [0.29, 0.717) is 118 Å². The van der Waals surface area contributed by atoms with Crippen molar-refractivity contribution in [3.05, 3.63) is 322 Å². The van der Waals surface area contributed by atoms with E-state index in [1.54, 1.807) is 89.5 Å². The maximum Gasteiger partial charge on any atom is 0.191 e. The minimum absolute atomic E-state index is 0.107. The molecule has 17 nitrogen and oxygen atoms in total. The lowest BCUT2D eigenvalue weighted by Crippen LogP contribution is -2.01. The molecule has 21 heteroatoms. The molecule has 0 spiro atoms.